The van der Waals surface area contributed by atoms with Gasteiger partial charge in [0.25, 0.3) is 0 Å². The van der Waals surface area contributed by atoms with Crippen LogP contribution in [0.25, 0.3) is 0 Å². The van der Waals surface area contributed by atoms with Gasteiger partial charge < -0.3 is 31.5 Å². The van der Waals surface area contributed by atoms with Crippen LogP contribution in [0, 0.1) is 0 Å². The largest absolute Gasteiger partial charge is 0.480 e. The van der Waals surface area contributed by atoms with Gasteiger partial charge in [-0.1, -0.05) is 0 Å². The van der Waals surface area contributed by atoms with Gasteiger partial charge in [-0.25, -0.2) is 4.79 Å². The zero-order chi connectivity index (χ0) is 22.1. The van der Waals surface area contributed by atoms with E-state index in [9.17, 15) is 29.4 Å². The Morgan fingerprint density at radius 2 is 1.93 bits per heavy atom. The van der Waals surface area contributed by atoms with Gasteiger partial charge in [-0.05, 0) is 38.2 Å². The zero-order valence-corrected chi connectivity index (χ0v) is 18.2. The van der Waals surface area contributed by atoms with Crippen LogP contribution in [0.4, 0.5) is 0 Å². The molecule has 0 radical (unpaired) electrons. The van der Waals surface area contributed by atoms with Crippen molar-refractivity contribution in [3.63, 3.8) is 0 Å². The van der Waals surface area contributed by atoms with Crippen LogP contribution in [0.15, 0.2) is 0 Å². The molecule has 29 heavy (non-hydrogen) atoms. The van der Waals surface area contributed by atoms with Gasteiger partial charge in [-0.3, -0.25) is 14.4 Å². The molecule has 1 heterocycles. The summed E-state index contributed by atoms with van der Waals surface area (Å²) in [4.78, 5) is 50.3. The van der Waals surface area contributed by atoms with E-state index >= 15 is 0 Å². The molecule has 0 spiro atoms. The summed E-state index contributed by atoms with van der Waals surface area (Å²) in [7, 11) is 0. The number of hydrogen-bond acceptors (Lipinski definition) is 8. The van der Waals surface area contributed by atoms with Crippen molar-refractivity contribution in [1.29, 1.82) is 0 Å². The number of carbonyl (C=O) groups is 4. The number of hydrogen-bond donors (Lipinski definition) is 6. The van der Waals surface area contributed by atoms with E-state index in [0.29, 0.717) is 25.1 Å². The highest BCUT2D eigenvalue weighted by molar-refractivity contribution is 7.98. The monoisotopic (exact) mass is 450 g/mol. The standard InChI is InChI=1S/C17H30N4O6S2/c1-9(22)13(20-14(23)10(18)8-28)15(24)19-11(5-7-29-2)16(25)21-6-3-4-12(21)17(26)27/h9-13,22,28H,3-8,18H2,1-2H3,(H,19,24)(H,20,23)(H,26,27). The molecule has 6 N–H and O–H groups in total. The van der Waals surface area contributed by atoms with Crippen LogP contribution in [-0.2, 0) is 19.2 Å². The molecule has 12 heteroatoms. The number of likely N-dealkylation sites (tertiary alicyclic amines) is 1. The molecule has 0 aliphatic carbocycles. The van der Waals surface area contributed by atoms with E-state index in [1.54, 1.807) is 0 Å². The van der Waals surface area contributed by atoms with Crippen LogP contribution in [0.5, 0.6) is 0 Å². The van der Waals surface area contributed by atoms with Crippen LogP contribution in [0.1, 0.15) is 26.2 Å². The lowest BCUT2D eigenvalue weighted by Gasteiger charge is -2.29. The zero-order valence-electron chi connectivity index (χ0n) is 16.5. The molecule has 1 fully saturated rings. The highest BCUT2D eigenvalue weighted by Gasteiger charge is 2.38. The maximum atomic E-state index is 12.9. The van der Waals surface area contributed by atoms with Gasteiger partial charge in [0.05, 0.1) is 12.1 Å². The van der Waals surface area contributed by atoms with Crippen LogP contribution in [-0.4, -0.2) is 93.4 Å². The number of nitrogens with two attached hydrogens (primary N) is 1. The molecular weight excluding hydrogens is 420 g/mol. The molecule has 3 amide bonds. The van der Waals surface area contributed by atoms with Crippen molar-refractivity contribution in [3.05, 3.63) is 0 Å². The lowest BCUT2D eigenvalue weighted by atomic mass is 10.1. The van der Waals surface area contributed by atoms with Crippen LogP contribution in [0.3, 0.4) is 0 Å². The molecule has 0 bridgehead atoms. The van der Waals surface area contributed by atoms with Crippen LogP contribution >= 0.6 is 24.4 Å². The van der Waals surface area contributed by atoms with E-state index in [-0.39, 0.29) is 12.2 Å². The molecule has 1 aliphatic heterocycles. The van der Waals surface area contributed by atoms with Crippen molar-refractivity contribution >= 4 is 48.1 Å². The summed E-state index contributed by atoms with van der Waals surface area (Å²) in [5, 5.41) is 24.2. The smallest absolute Gasteiger partial charge is 0.326 e. The highest BCUT2D eigenvalue weighted by Crippen LogP contribution is 2.19. The predicted molar refractivity (Wildman–Crippen MR) is 113 cm³/mol. The fourth-order valence-corrected chi connectivity index (χ4v) is 3.63. The molecule has 5 unspecified atom stereocenters. The highest BCUT2D eigenvalue weighted by atomic mass is 32.2. The third-order valence-electron chi connectivity index (χ3n) is 4.64. The fourth-order valence-electron chi connectivity index (χ4n) is 2.99. The Labute approximate surface area is 179 Å². The Balaban J connectivity index is 2.93. The number of nitrogens with zero attached hydrogens (tertiary/aromatic N) is 1. The Morgan fingerprint density at radius 1 is 1.28 bits per heavy atom. The average Bonchev–Trinajstić information content (AvgIpc) is 3.17. The van der Waals surface area contributed by atoms with E-state index in [0.717, 1.165) is 0 Å². The first kappa shape index (κ1) is 25.5. The minimum Gasteiger partial charge on any atom is -0.480 e. The second-order valence-corrected chi connectivity index (χ2v) is 8.24. The molecular formula is C17H30N4O6S2. The van der Waals surface area contributed by atoms with E-state index < -0.39 is 54.0 Å². The number of aliphatic carboxylic acids is 1. The lowest BCUT2D eigenvalue weighted by Crippen LogP contribution is -2.60. The van der Waals surface area contributed by atoms with Gasteiger partial charge in [0.15, 0.2) is 0 Å². The maximum absolute atomic E-state index is 12.9. The number of thioether (sulfide) groups is 1. The Bertz CT molecular complexity index is 606. The summed E-state index contributed by atoms with van der Waals surface area (Å²) in [6, 6.07) is -4.16. The third-order valence-corrected chi connectivity index (χ3v) is 5.68. The van der Waals surface area contributed by atoms with Gasteiger partial charge in [0.1, 0.15) is 18.1 Å². The first-order valence-corrected chi connectivity index (χ1v) is 11.3. The second-order valence-electron chi connectivity index (χ2n) is 6.89. The summed E-state index contributed by atoms with van der Waals surface area (Å²) in [5.74, 6) is -2.36. The van der Waals surface area contributed by atoms with Crippen molar-refractivity contribution in [2.24, 2.45) is 5.73 Å². The van der Waals surface area contributed by atoms with Gasteiger partial charge in [0.2, 0.25) is 17.7 Å². The van der Waals surface area contributed by atoms with Crippen molar-refractivity contribution < 1.29 is 29.4 Å². The predicted octanol–water partition coefficient (Wildman–Crippen LogP) is -1.58. The van der Waals surface area contributed by atoms with Crippen molar-refractivity contribution in [3.8, 4) is 0 Å². The Hall–Kier alpha value is -1.50. The number of carbonyl (C=O) groups excluding carboxylic acids is 3. The number of nitrogens with one attached hydrogen (secondary N) is 2. The maximum Gasteiger partial charge on any atom is 0.326 e. The van der Waals surface area contributed by atoms with Crippen LogP contribution < -0.4 is 16.4 Å². The fraction of sp³-hybridized carbons (Fsp3) is 0.765. The van der Waals surface area contributed by atoms with E-state index in [2.05, 4.69) is 23.3 Å². The summed E-state index contributed by atoms with van der Waals surface area (Å²) in [6.45, 7) is 1.63. The Morgan fingerprint density at radius 3 is 2.45 bits per heavy atom. The molecule has 5 atom stereocenters. The quantitative estimate of drug-likeness (QED) is 0.206. The van der Waals surface area contributed by atoms with Crippen molar-refractivity contribution in [2.75, 3.05) is 24.3 Å². The number of rotatable bonds is 11. The normalized spacial score (nSPS) is 20.4. The van der Waals surface area contributed by atoms with E-state index in [1.165, 1.54) is 23.6 Å². The summed E-state index contributed by atoms with van der Waals surface area (Å²) >= 11 is 5.40. The first-order chi connectivity index (χ1) is 13.6. The van der Waals surface area contributed by atoms with Crippen molar-refractivity contribution in [1.82, 2.24) is 15.5 Å². The Kier molecular flexibility index (Phi) is 10.8. The van der Waals surface area contributed by atoms with E-state index in [4.69, 9.17) is 5.73 Å². The molecule has 1 saturated heterocycles. The lowest BCUT2D eigenvalue weighted by molar-refractivity contribution is -0.149. The molecule has 1 aliphatic rings. The van der Waals surface area contributed by atoms with E-state index in [1.807, 2.05) is 6.26 Å². The third kappa shape index (κ3) is 7.36. The summed E-state index contributed by atoms with van der Waals surface area (Å²) < 4.78 is 0. The number of thiol groups is 1. The van der Waals surface area contributed by atoms with Gasteiger partial charge >= 0.3 is 5.97 Å². The number of aliphatic hydroxyl groups excluding tert-OH is 1. The van der Waals surface area contributed by atoms with Crippen LogP contribution in [0.2, 0.25) is 0 Å². The van der Waals surface area contributed by atoms with Gasteiger partial charge in [0, 0.05) is 12.3 Å². The molecule has 0 aromatic carbocycles. The minimum atomic E-state index is -1.31. The summed E-state index contributed by atoms with van der Waals surface area (Å²) in [6.07, 6.45) is 1.82. The number of carboxylic acid groups (broad SMARTS) is 1. The molecule has 0 aromatic rings. The topological polar surface area (TPSA) is 162 Å². The molecule has 0 saturated carbocycles. The number of carboxylic acids is 1. The molecule has 0 aromatic heterocycles. The number of amides is 3. The average molecular weight is 451 g/mol. The van der Waals surface area contributed by atoms with Crippen molar-refractivity contribution in [2.45, 2.75) is 56.5 Å². The first-order valence-electron chi connectivity index (χ1n) is 9.31. The SMILES string of the molecule is CSCCC(NC(=O)C(NC(=O)C(N)CS)C(C)O)C(=O)N1CCCC1C(=O)O. The second kappa shape index (κ2) is 12.3. The molecule has 1 rings (SSSR count). The minimum absolute atomic E-state index is 0.0559. The van der Waals surface area contributed by atoms with Gasteiger partial charge in [-0.15, -0.1) is 0 Å². The molecule has 10 nitrogen and oxygen atoms in total. The summed E-state index contributed by atoms with van der Waals surface area (Å²) in [5.41, 5.74) is 5.59. The molecule has 166 valence electrons. The van der Waals surface area contributed by atoms with Gasteiger partial charge in [-0.2, -0.15) is 24.4 Å². The number of aliphatic hydroxyl groups is 1.